The van der Waals surface area contributed by atoms with Crippen LogP contribution in [0, 0.1) is 0 Å². The van der Waals surface area contributed by atoms with Crippen molar-refractivity contribution in [2.24, 2.45) is 0 Å². The third-order valence-corrected chi connectivity index (χ3v) is 3.78. The summed E-state index contributed by atoms with van der Waals surface area (Å²) in [5.41, 5.74) is 1.89. The van der Waals surface area contributed by atoms with E-state index >= 15 is 0 Å². The summed E-state index contributed by atoms with van der Waals surface area (Å²) in [5, 5.41) is 7.69. The van der Waals surface area contributed by atoms with E-state index in [9.17, 15) is 0 Å². The van der Waals surface area contributed by atoms with Gasteiger partial charge in [-0.25, -0.2) is 0 Å². The third kappa shape index (κ3) is 4.77. The van der Waals surface area contributed by atoms with Gasteiger partial charge in [0.15, 0.2) is 5.11 Å². The minimum Gasteiger partial charge on any atom is -0.497 e. The summed E-state index contributed by atoms with van der Waals surface area (Å²) >= 11 is 17.1. The zero-order valence-corrected chi connectivity index (χ0v) is 13.6. The first-order valence-corrected chi connectivity index (χ1v) is 7.38. The molecule has 0 aliphatic heterocycles. The first-order valence-electron chi connectivity index (χ1n) is 6.21. The van der Waals surface area contributed by atoms with Crippen molar-refractivity contribution < 1.29 is 4.74 Å². The molecule has 2 aromatic carbocycles. The van der Waals surface area contributed by atoms with E-state index in [1.807, 2.05) is 30.3 Å². The van der Waals surface area contributed by atoms with Crippen LogP contribution >= 0.6 is 35.4 Å². The van der Waals surface area contributed by atoms with Gasteiger partial charge in [0.25, 0.3) is 0 Å². The summed E-state index contributed by atoms with van der Waals surface area (Å²) in [5.74, 6) is 0.829. The van der Waals surface area contributed by atoms with Crippen LogP contribution in [0.25, 0.3) is 0 Å². The summed E-state index contributed by atoms with van der Waals surface area (Å²) in [4.78, 5) is 0. The highest BCUT2D eigenvalue weighted by Crippen LogP contribution is 2.24. The van der Waals surface area contributed by atoms with Crippen LogP contribution in [-0.4, -0.2) is 12.2 Å². The van der Waals surface area contributed by atoms with Crippen LogP contribution in [0.5, 0.6) is 5.75 Å². The third-order valence-electron chi connectivity index (χ3n) is 2.79. The molecule has 0 spiro atoms. The molecule has 21 heavy (non-hydrogen) atoms. The van der Waals surface area contributed by atoms with Gasteiger partial charge < -0.3 is 15.4 Å². The molecule has 0 radical (unpaired) electrons. The van der Waals surface area contributed by atoms with E-state index in [1.54, 1.807) is 19.2 Å². The molecule has 6 heteroatoms. The largest absolute Gasteiger partial charge is 0.497 e. The van der Waals surface area contributed by atoms with Crippen molar-refractivity contribution in [2.45, 2.75) is 6.54 Å². The number of hydrogen-bond acceptors (Lipinski definition) is 2. The molecule has 0 amide bonds. The topological polar surface area (TPSA) is 33.3 Å². The van der Waals surface area contributed by atoms with Crippen LogP contribution in [0.4, 0.5) is 5.69 Å². The highest BCUT2D eigenvalue weighted by Gasteiger charge is 2.02. The Balaban J connectivity index is 1.87. The Morgan fingerprint density at radius 3 is 2.43 bits per heavy atom. The molecule has 0 aliphatic carbocycles. The van der Waals surface area contributed by atoms with Gasteiger partial charge in [-0.15, -0.1) is 0 Å². The molecule has 2 N–H and O–H groups in total. The molecule has 0 saturated heterocycles. The molecular formula is C15H14Cl2N2OS. The lowest BCUT2D eigenvalue weighted by molar-refractivity contribution is 0.414. The number of benzene rings is 2. The average Bonchev–Trinajstić information content (AvgIpc) is 2.49. The Kier molecular flexibility index (Phi) is 5.67. The highest BCUT2D eigenvalue weighted by molar-refractivity contribution is 7.80. The predicted octanol–water partition coefficient (Wildman–Crippen LogP) is 4.49. The molecular weight excluding hydrogens is 327 g/mol. The number of thiocarbonyl (C=S) groups is 1. The lowest BCUT2D eigenvalue weighted by Gasteiger charge is -2.11. The maximum Gasteiger partial charge on any atom is 0.171 e. The van der Waals surface area contributed by atoms with Crippen molar-refractivity contribution in [2.75, 3.05) is 12.4 Å². The van der Waals surface area contributed by atoms with Crippen LogP contribution in [-0.2, 0) is 6.54 Å². The summed E-state index contributed by atoms with van der Waals surface area (Å²) in [6.45, 7) is 0.622. The minimum absolute atomic E-state index is 0.486. The Hall–Kier alpha value is -1.49. The number of hydrogen-bond donors (Lipinski definition) is 2. The van der Waals surface area contributed by atoms with Crippen LogP contribution in [0.15, 0.2) is 42.5 Å². The highest BCUT2D eigenvalue weighted by atomic mass is 35.5. The Morgan fingerprint density at radius 1 is 1.10 bits per heavy atom. The van der Waals surface area contributed by atoms with Crippen molar-refractivity contribution in [3.8, 4) is 5.75 Å². The van der Waals surface area contributed by atoms with E-state index in [-0.39, 0.29) is 0 Å². The van der Waals surface area contributed by atoms with Gasteiger partial charge in [0, 0.05) is 12.2 Å². The molecule has 2 rings (SSSR count). The molecule has 110 valence electrons. The normalized spacial score (nSPS) is 10.0. The van der Waals surface area contributed by atoms with Crippen molar-refractivity contribution in [1.29, 1.82) is 0 Å². The van der Waals surface area contributed by atoms with Gasteiger partial charge in [-0.05, 0) is 48.1 Å². The second-order valence-corrected chi connectivity index (χ2v) is 5.51. The minimum atomic E-state index is 0.486. The summed E-state index contributed by atoms with van der Waals surface area (Å²) in [6.07, 6.45) is 0. The zero-order chi connectivity index (χ0) is 15.2. The Labute approximate surface area is 139 Å². The van der Waals surface area contributed by atoms with Gasteiger partial charge in [0.2, 0.25) is 0 Å². The molecule has 0 aromatic heterocycles. The molecule has 0 unspecified atom stereocenters. The van der Waals surface area contributed by atoms with Gasteiger partial charge in [-0.3, -0.25) is 0 Å². The maximum absolute atomic E-state index is 5.95. The van der Waals surface area contributed by atoms with Crippen LogP contribution in [0.2, 0.25) is 10.0 Å². The van der Waals surface area contributed by atoms with Gasteiger partial charge in [-0.1, -0.05) is 35.3 Å². The summed E-state index contributed by atoms with van der Waals surface area (Å²) < 4.78 is 5.11. The van der Waals surface area contributed by atoms with Crippen molar-refractivity contribution >= 4 is 46.2 Å². The molecule has 0 heterocycles. The molecule has 0 aliphatic rings. The number of methoxy groups -OCH3 is 1. The van der Waals surface area contributed by atoms with E-state index in [0.29, 0.717) is 21.7 Å². The number of rotatable bonds is 4. The van der Waals surface area contributed by atoms with Crippen LogP contribution in [0.3, 0.4) is 0 Å². The van der Waals surface area contributed by atoms with E-state index < -0.39 is 0 Å². The van der Waals surface area contributed by atoms with Crippen molar-refractivity contribution in [3.05, 3.63) is 58.1 Å². The Morgan fingerprint density at radius 2 is 1.81 bits per heavy atom. The van der Waals surface area contributed by atoms with E-state index in [0.717, 1.165) is 17.0 Å². The second kappa shape index (κ2) is 7.50. The van der Waals surface area contributed by atoms with E-state index in [1.165, 1.54) is 0 Å². The monoisotopic (exact) mass is 340 g/mol. The van der Waals surface area contributed by atoms with Gasteiger partial charge in [0.1, 0.15) is 5.75 Å². The second-order valence-electron chi connectivity index (χ2n) is 4.28. The standard InChI is InChI=1S/C15H14Cl2N2OS/c1-20-12-5-2-10(3-6-12)9-18-15(21)19-11-4-7-13(16)14(17)8-11/h2-8H,9H2,1H3,(H2,18,19,21). The van der Waals surface area contributed by atoms with Crippen LogP contribution < -0.4 is 15.4 Å². The average molecular weight is 341 g/mol. The fraction of sp³-hybridized carbons (Fsp3) is 0.133. The maximum atomic E-state index is 5.95. The van der Waals surface area contributed by atoms with Crippen molar-refractivity contribution in [3.63, 3.8) is 0 Å². The fourth-order valence-corrected chi connectivity index (χ4v) is 2.16. The first kappa shape index (κ1) is 15.9. The first-order chi connectivity index (χ1) is 10.1. The smallest absolute Gasteiger partial charge is 0.171 e. The van der Waals surface area contributed by atoms with Crippen LogP contribution in [0.1, 0.15) is 5.56 Å². The fourth-order valence-electron chi connectivity index (χ4n) is 1.67. The van der Waals surface area contributed by atoms with Gasteiger partial charge in [-0.2, -0.15) is 0 Å². The molecule has 0 bridgehead atoms. The number of ether oxygens (including phenoxy) is 1. The number of anilines is 1. The molecule has 0 fully saturated rings. The lowest BCUT2D eigenvalue weighted by Crippen LogP contribution is -2.27. The predicted molar refractivity (Wildman–Crippen MR) is 92.5 cm³/mol. The van der Waals surface area contributed by atoms with Gasteiger partial charge >= 0.3 is 0 Å². The molecule has 0 atom stereocenters. The Bertz CT molecular complexity index is 632. The zero-order valence-electron chi connectivity index (χ0n) is 11.3. The molecule has 3 nitrogen and oxygen atoms in total. The van der Waals surface area contributed by atoms with E-state index in [4.69, 9.17) is 40.2 Å². The molecule has 2 aromatic rings. The SMILES string of the molecule is COc1ccc(CNC(=S)Nc2ccc(Cl)c(Cl)c2)cc1. The summed E-state index contributed by atoms with van der Waals surface area (Å²) in [7, 11) is 1.64. The summed E-state index contributed by atoms with van der Waals surface area (Å²) in [6, 6.07) is 13.0. The van der Waals surface area contributed by atoms with Gasteiger partial charge in [0.05, 0.1) is 17.2 Å². The van der Waals surface area contributed by atoms with Crippen molar-refractivity contribution in [1.82, 2.24) is 5.32 Å². The number of nitrogens with one attached hydrogen (secondary N) is 2. The number of halogens is 2. The van der Waals surface area contributed by atoms with E-state index in [2.05, 4.69) is 10.6 Å². The lowest BCUT2D eigenvalue weighted by atomic mass is 10.2. The molecule has 0 saturated carbocycles. The quantitative estimate of drug-likeness (QED) is 0.803.